The van der Waals surface area contributed by atoms with Crippen molar-refractivity contribution in [2.24, 2.45) is 5.73 Å². The van der Waals surface area contributed by atoms with E-state index in [1.54, 1.807) is 0 Å². The first-order valence-electron chi connectivity index (χ1n) is 3.89. The Balaban J connectivity index is 2.67. The highest BCUT2D eigenvalue weighted by atomic mass is 16.5. The van der Waals surface area contributed by atoms with Crippen molar-refractivity contribution in [3.8, 4) is 5.75 Å². The standard InChI is InChI=1S/C9H13NO2/c10-7-12-9-3-1-2-8(6-9)4-5-11/h1-3,6,11H,4-5,7,10H2. The van der Waals surface area contributed by atoms with Crippen LogP contribution in [0, 0.1) is 0 Å². The lowest BCUT2D eigenvalue weighted by atomic mass is 10.1. The van der Waals surface area contributed by atoms with E-state index in [4.69, 9.17) is 15.6 Å². The highest BCUT2D eigenvalue weighted by molar-refractivity contribution is 5.28. The molecular formula is C9H13NO2. The van der Waals surface area contributed by atoms with Crippen LogP contribution in [0.3, 0.4) is 0 Å². The summed E-state index contributed by atoms with van der Waals surface area (Å²) in [5.41, 5.74) is 6.27. The molecular weight excluding hydrogens is 154 g/mol. The van der Waals surface area contributed by atoms with Crippen LogP contribution in [-0.2, 0) is 6.42 Å². The molecule has 0 aliphatic heterocycles. The third-order valence-electron chi connectivity index (χ3n) is 1.55. The summed E-state index contributed by atoms with van der Waals surface area (Å²) in [6.07, 6.45) is 0.655. The van der Waals surface area contributed by atoms with Gasteiger partial charge in [-0.3, -0.25) is 5.73 Å². The second-order valence-electron chi connectivity index (χ2n) is 2.43. The van der Waals surface area contributed by atoms with E-state index in [1.807, 2.05) is 24.3 Å². The molecule has 0 heterocycles. The van der Waals surface area contributed by atoms with Crippen molar-refractivity contribution in [2.75, 3.05) is 13.3 Å². The molecule has 0 bridgehead atoms. The van der Waals surface area contributed by atoms with E-state index >= 15 is 0 Å². The highest BCUT2D eigenvalue weighted by Gasteiger charge is 1.94. The molecule has 3 nitrogen and oxygen atoms in total. The van der Waals surface area contributed by atoms with Crippen LogP contribution < -0.4 is 10.5 Å². The number of aliphatic hydroxyl groups excluding tert-OH is 1. The Hall–Kier alpha value is -1.06. The van der Waals surface area contributed by atoms with Crippen LogP contribution in [0.1, 0.15) is 5.56 Å². The summed E-state index contributed by atoms with van der Waals surface area (Å²) in [5.74, 6) is 0.753. The maximum absolute atomic E-state index is 8.67. The van der Waals surface area contributed by atoms with E-state index in [2.05, 4.69) is 0 Å². The number of hydrogen-bond donors (Lipinski definition) is 2. The van der Waals surface area contributed by atoms with Gasteiger partial charge in [0, 0.05) is 6.61 Å². The fourth-order valence-corrected chi connectivity index (χ4v) is 1.02. The van der Waals surface area contributed by atoms with Gasteiger partial charge in [-0.1, -0.05) is 12.1 Å². The number of rotatable bonds is 4. The third kappa shape index (κ3) is 2.53. The molecule has 0 aliphatic rings. The van der Waals surface area contributed by atoms with Crippen LogP contribution in [0.4, 0.5) is 0 Å². The first kappa shape index (κ1) is 9.03. The van der Waals surface area contributed by atoms with E-state index in [1.165, 1.54) is 0 Å². The molecule has 0 fully saturated rings. The zero-order valence-electron chi connectivity index (χ0n) is 6.86. The van der Waals surface area contributed by atoms with Gasteiger partial charge in [0.1, 0.15) is 12.5 Å². The van der Waals surface area contributed by atoms with Gasteiger partial charge in [-0.25, -0.2) is 0 Å². The van der Waals surface area contributed by atoms with Crippen LogP contribution in [0.15, 0.2) is 24.3 Å². The molecule has 0 spiro atoms. The molecule has 0 saturated heterocycles. The number of hydrogen-bond acceptors (Lipinski definition) is 3. The third-order valence-corrected chi connectivity index (χ3v) is 1.55. The van der Waals surface area contributed by atoms with E-state index in [-0.39, 0.29) is 13.3 Å². The summed E-state index contributed by atoms with van der Waals surface area (Å²) in [6.45, 7) is 0.342. The van der Waals surface area contributed by atoms with Gasteiger partial charge in [-0.15, -0.1) is 0 Å². The number of benzene rings is 1. The lowest BCUT2D eigenvalue weighted by Gasteiger charge is -2.04. The number of aliphatic hydroxyl groups is 1. The Morgan fingerprint density at radius 2 is 2.25 bits per heavy atom. The van der Waals surface area contributed by atoms with Crippen molar-refractivity contribution < 1.29 is 9.84 Å². The van der Waals surface area contributed by atoms with Gasteiger partial charge in [0.15, 0.2) is 0 Å². The maximum Gasteiger partial charge on any atom is 0.137 e. The number of ether oxygens (including phenoxy) is 1. The normalized spacial score (nSPS) is 9.83. The Labute approximate surface area is 71.8 Å². The molecule has 0 radical (unpaired) electrons. The predicted octanol–water partition coefficient (Wildman–Crippen LogP) is 0.516. The molecule has 0 unspecified atom stereocenters. The van der Waals surface area contributed by atoms with Gasteiger partial charge in [0.25, 0.3) is 0 Å². The van der Waals surface area contributed by atoms with Crippen LogP contribution in [-0.4, -0.2) is 18.4 Å². The molecule has 1 aromatic rings. The first-order chi connectivity index (χ1) is 5.86. The molecule has 3 N–H and O–H groups in total. The molecule has 1 aromatic carbocycles. The summed E-state index contributed by atoms with van der Waals surface area (Å²) in [4.78, 5) is 0. The summed E-state index contributed by atoms with van der Waals surface area (Å²) >= 11 is 0. The highest BCUT2D eigenvalue weighted by Crippen LogP contribution is 2.12. The van der Waals surface area contributed by atoms with Gasteiger partial charge >= 0.3 is 0 Å². The second-order valence-corrected chi connectivity index (χ2v) is 2.43. The van der Waals surface area contributed by atoms with Crippen molar-refractivity contribution in [3.05, 3.63) is 29.8 Å². The van der Waals surface area contributed by atoms with E-state index in [0.717, 1.165) is 11.3 Å². The first-order valence-corrected chi connectivity index (χ1v) is 3.89. The Kier molecular flexibility index (Phi) is 3.57. The average molecular weight is 167 g/mol. The van der Waals surface area contributed by atoms with Gasteiger partial charge in [-0.2, -0.15) is 0 Å². The molecule has 1 rings (SSSR count). The second kappa shape index (κ2) is 4.74. The van der Waals surface area contributed by atoms with Crippen molar-refractivity contribution in [2.45, 2.75) is 6.42 Å². The zero-order valence-corrected chi connectivity index (χ0v) is 6.86. The summed E-state index contributed by atoms with van der Waals surface area (Å²) < 4.78 is 5.09. The molecule has 12 heavy (non-hydrogen) atoms. The van der Waals surface area contributed by atoms with Crippen LogP contribution in [0.25, 0.3) is 0 Å². The minimum absolute atomic E-state index is 0.159. The van der Waals surface area contributed by atoms with E-state index in [9.17, 15) is 0 Å². The average Bonchev–Trinajstić information content (AvgIpc) is 2.06. The number of nitrogens with two attached hydrogens (primary N) is 1. The fourth-order valence-electron chi connectivity index (χ4n) is 1.02. The van der Waals surface area contributed by atoms with Gasteiger partial charge in [0.05, 0.1) is 0 Å². The van der Waals surface area contributed by atoms with Crippen molar-refractivity contribution >= 4 is 0 Å². The molecule has 66 valence electrons. The summed E-state index contributed by atoms with van der Waals surface area (Å²) in [6, 6.07) is 7.55. The minimum Gasteiger partial charge on any atom is -0.479 e. The minimum atomic E-state index is 0.159. The lowest BCUT2D eigenvalue weighted by Crippen LogP contribution is -2.07. The molecule has 0 saturated carbocycles. The largest absolute Gasteiger partial charge is 0.479 e. The Morgan fingerprint density at radius 1 is 1.42 bits per heavy atom. The monoisotopic (exact) mass is 167 g/mol. The van der Waals surface area contributed by atoms with Crippen molar-refractivity contribution in [1.82, 2.24) is 0 Å². The SMILES string of the molecule is NCOc1cccc(CCO)c1. The van der Waals surface area contributed by atoms with E-state index < -0.39 is 0 Å². The van der Waals surface area contributed by atoms with E-state index in [0.29, 0.717) is 6.42 Å². The Morgan fingerprint density at radius 3 is 2.92 bits per heavy atom. The fraction of sp³-hybridized carbons (Fsp3) is 0.333. The quantitative estimate of drug-likeness (QED) is 0.643. The van der Waals surface area contributed by atoms with Crippen LogP contribution >= 0.6 is 0 Å². The zero-order chi connectivity index (χ0) is 8.81. The maximum atomic E-state index is 8.67. The molecule has 0 aromatic heterocycles. The summed E-state index contributed by atoms with van der Waals surface area (Å²) in [7, 11) is 0. The van der Waals surface area contributed by atoms with Crippen molar-refractivity contribution in [1.29, 1.82) is 0 Å². The van der Waals surface area contributed by atoms with Crippen LogP contribution in [0.2, 0.25) is 0 Å². The van der Waals surface area contributed by atoms with Crippen LogP contribution in [0.5, 0.6) is 5.75 Å². The predicted molar refractivity (Wildman–Crippen MR) is 46.9 cm³/mol. The Bertz CT molecular complexity index is 216. The van der Waals surface area contributed by atoms with Gasteiger partial charge in [-0.05, 0) is 24.1 Å². The lowest BCUT2D eigenvalue weighted by molar-refractivity contribution is 0.299. The smallest absolute Gasteiger partial charge is 0.137 e. The summed E-state index contributed by atoms with van der Waals surface area (Å²) in [5, 5.41) is 8.67. The molecule has 0 amide bonds. The van der Waals surface area contributed by atoms with Gasteiger partial charge < -0.3 is 9.84 Å². The molecule has 0 atom stereocenters. The van der Waals surface area contributed by atoms with Gasteiger partial charge in [0.2, 0.25) is 0 Å². The van der Waals surface area contributed by atoms with Crippen molar-refractivity contribution in [3.63, 3.8) is 0 Å². The topological polar surface area (TPSA) is 55.5 Å². The molecule has 3 heteroatoms. The molecule has 0 aliphatic carbocycles.